The van der Waals surface area contributed by atoms with Crippen LogP contribution in [0.1, 0.15) is 0 Å². The predicted octanol–water partition coefficient (Wildman–Crippen LogP) is 3.74. The van der Waals surface area contributed by atoms with E-state index >= 15 is 0 Å². The van der Waals surface area contributed by atoms with Gasteiger partial charge in [-0.25, -0.2) is 4.79 Å². The molecule has 7 nitrogen and oxygen atoms in total. The Balaban J connectivity index is 1.66. The summed E-state index contributed by atoms with van der Waals surface area (Å²) in [6, 6.07) is 11.9. The van der Waals surface area contributed by atoms with Crippen LogP contribution in [0.15, 0.2) is 56.0 Å². The van der Waals surface area contributed by atoms with Gasteiger partial charge in [-0.1, -0.05) is 23.3 Å². The molecule has 3 aromatic rings. The number of carbonyl (C=O) groups excluding carboxylic acids is 1. The van der Waals surface area contributed by atoms with Crippen LogP contribution in [0, 0.1) is 0 Å². The number of carbonyl (C=O) groups is 1. The zero-order chi connectivity index (χ0) is 14.7. The maximum atomic E-state index is 11.8. The molecule has 21 heavy (non-hydrogen) atoms. The number of nitrogens with one attached hydrogen (secondary N) is 2. The summed E-state index contributed by atoms with van der Waals surface area (Å²) in [6.07, 6.45) is 0. The number of furan rings is 1. The molecule has 0 spiro atoms. The number of hydrogen-bond donors (Lipinski definition) is 2. The lowest BCUT2D eigenvalue weighted by Gasteiger charge is -2.03. The zero-order valence-corrected chi connectivity index (χ0v) is 12.1. The fraction of sp³-hybridized carbons (Fsp3) is 0. The molecule has 0 bridgehead atoms. The number of para-hydroxylation sites is 1. The lowest BCUT2D eigenvalue weighted by molar-refractivity contribution is 0.261. The van der Waals surface area contributed by atoms with Gasteiger partial charge in [-0.15, -0.1) is 5.10 Å². The van der Waals surface area contributed by atoms with Crippen LogP contribution < -0.4 is 10.6 Å². The second-order valence-corrected chi connectivity index (χ2v) is 4.74. The summed E-state index contributed by atoms with van der Waals surface area (Å²) >= 11 is 3.18. The molecule has 2 N–H and O–H groups in total. The Labute approximate surface area is 127 Å². The van der Waals surface area contributed by atoms with Crippen molar-refractivity contribution in [1.82, 2.24) is 10.2 Å². The minimum absolute atomic E-state index is 0.0223. The largest absolute Gasteiger partial charge is 0.444 e. The highest BCUT2D eigenvalue weighted by molar-refractivity contribution is 9.10. The smallest absolute Gasteiger partial charge is 0.327 e. The van der Waals surface area contributed by atoms with E-state index in [4.69, 9.17) is 8.83 Å². The van der Waals surface area contributed by atoms with Gasteiger partial charge in [-0.3, -0.25) is 5.32 Å². The number of urea groups is 1. The molecule has 0 aliphatic heterocycles. The van der Waals surface area contributed by atoms with Gasteiger partial charge in [0.2, 0.25) is 0 Å². The summed E-state index contributed by atoms with van der Waals surface area (Å²) in [4.78, 5) is 11.8. The van der Waals surface area contributed by atoms with Gasteiger partial charge in [0, 0.05) is 5.69 Å². The van der Waals surface area contributed by atoms with E-state index in [1.54, 1.807) is 24.3 Å². The molecule has 0 unspecified atom stereocenters. The number of hydrogen-bond acceptors (Lipinski definition) is 5. The molecule has 106 valence electrons. The van der Waals surface area contributed by atoms with Crippen molar-refractivity contribution in [2.75, 3.05) is 10.6 Å². The van der Waals surface area contributed by atoms with Crippen molar-refractivity contribution in [1.29, 1.82) is 0 Å². The quantitative estimate of drug-likeness (QED) is 0.751. The Morgan fingerprint density at radius 1 is 1.00 bits per heavy atom. The van der Waals surface area contributed by atoms with Crippen LogP contribution in [-0.2, 0) is 0 Å². The average Bonchev–Trinajstić information content (AvgIpc) is 3.09. The maximum Gasteiger partial charge on any atom is 0.327 e. The molecule has 2 heterocycles. The third-order valence-electron chi connectivity index (χ3n) is 2.46. The number of nitrogens with zero attached hydrogens (tertiary/aromatic N) is 2. The predicted molar refractivity (Wildman–Crippen MR) is 78.8 cm³/mol. The Morgan fingerprint density at radius 3 is 2.52 bits per heavy atom. The second kappa shape index (κ2) is 5.80. The van der Waals surface area contributed by atoms with E-state index in [1.807, 2.05) is 18.2 Å². The molecule has 1 aromatic carbocycles. The van der Waals surface area contributed by atoms with Gasteiger partial charge >= 0.3 is 12.0 Å². The molecule has 0 aliphatic carbocycles. The molecule has 3 rings (SSSR count). The van der Waals surface area contributed by atoms with Crippen LogP contribution in [0.25, 0.3) is 11.7 Å². The van der Waals surface area contributed by atoms with Crippen molar-refractivity contribution >= 4 is 33.7 Å². The molecule has 0 radical (unpaired) electrons. The van der Waals surface area contributed by atoms with Crippen LogP contribution >= 0.6 is 15.9 Å². The summed E-state index contributed by atoms with van der Waals surface area (Å²) in [5.74, 6) is 0.585. The van der Waals surface area contributed by atoms with E-state index in [1.165, 1.54) is 0 Å². The molecule has 0 fully saturated rings. The second-order valence-electron chi connectivity index (χ2n) is 3.96. The molecule has 0 saturated heterocycles. The number of benzene rings is 1. The van der Waals surface area contributed by atoms with Crippen LogP contribution in [0.4, 0.5) is 16.5 Å². The lowest BCUT2D eigenvalue weighted by atomic mass is 10.3. The number of anilines is 2. The van der Waals surface area contributed by atoms with E-state index in [9.17, 15) is 4.79 Å². The fourth-order valence-electron chi connectivity index (χ4n) is 1.58. The number of amides is 2. The number of halogens is 1. The summed E-state index contributed by atoms with van der Waals surface area (Å²) in [6.45, 7) is 0. The molecular weight excluding hydrogens is 340 g/mol. The fourth-order valence-corrected chi connectivity index (χ4v) is 1.89. The monoisotopic (exact) mass is 348 g/mol. The van der Waals surface area contributed by atoms with E-state index in [0.717, 1.165) is 0 Å². The summed E-state index contributed by atoms with van der Waals surface area (Å²) in [5, 5.41) is 12.6. The van der Waals surface area contributed by atoms with Gasteiger partial charge < -0.3 is 14.2 Å². The van der Waals surface area contributed by atoms with E-state index in [2.05, 4.69) is 36.8 Å². The van der Waals surface area contributed by atoms with E-state index in [-0.39, 0.29) is 11.9 Å². The van der Waals surface area contributed by atoms with Gasteiger partial charge in [-0.05, 0) is 40.2 Å². The first-order valence-corrected chi connectivity index (χ1v) is 6.72. The van der Waals surface area contributed by atoms with Crippen molar-refractivity contribution in [2.45, 2.75) is 0 Å². The maximum absolute atomic E-state index is 11.8. The van der Waals surface area contributed by atoms with Crippen molar-refractivity contribution in [3.8, 4) is 11.7 Å². The van der Waals surface area contributed by atoms with Crippen molar-refractivity contribution in [3.05, 3.63) is 47.1 Å². The van der Waals surface area contributed by atoms with Crippen LogP contribution in [0.5, 0.6) is 0 Å². The first kappa shape index (κ1) is 13.4. The standard InChI is InChI=1S/C13H9BrN4O3/c14-10-7-6-9(20-10)11-17-18-13(21-11)16-12(19)15-8-4-2-1-3-5-8/h1-7H,(H2,15,16,18,19). The number of aromatic nitrogens is 2. The Morgan fingerprint density at radius 2 is 1.81 bits per heavy atom. The highest BCUT2D eigenvalue weighted by Gasteiger charge is 2.14. The molecule has 8 heteroatoms. The highest BCUT2D eigenvalue weighted by atomic mass is 79.9. The van der Waals surface area contributed by atoms with Gasteiger partial charge in [0.25, 0.3) is 5.89 Å². The molecule has 2 amide bonds. The summed E-state index contributed by atoms with van der Waals surface area (Å²) in [7, 11) is 0. The normalized spacial score (nSPS) is 10.3. The van der Waals surface area contributed by atoms with Crippen LogP contribution in [0.2, 0.25) is 0 Å². The van der Waals surface area contributed by atoms with Gasteiger partial charge in [0.15, 0.2) is 10.4 Å². The van der Waals surface area contributed by atoms with Gasteiger partial charge in [0.1, 0.15) is 0 Å². The van der Waals surface area contributed by atoms with E-state index in [0.29, 0.717) is 16.1 Å². The lowest BCUT2D eigenvalue weighted by Crippen LogP contribution is -2.19. The average molecular weight is 349 g/mol. The minimum Gasteiger partial charge on any atom is -0.444 e. The molecule has 0 atom stereocenters. The highest BCUT2D eigenvalue weighted by Crippen LogP contribution is 2.24. The van der Waals surface area contributed by atoms with Crippen LogP contribution in [0.3, 0.4) is 0 Å². The van der Waals surface area contributed by atoms with Gasteiger partial charge in [-0.2, -0.15) is 0 Å². The Kier molecular flexibility index (Phi) is 3.69. The van der Waals surface area contributed by atoms with E-state index < -0.39 is 6.03 Å². The SMILES string of the molecule is O=C(Nc1ccccc1)Nc1nnc(-c2ccc(Br)o2)o1. The third kappa shape index (κ3) is 3.29. The van der Waals surface area contributed by atoms with Crippen molar-refractivity contribution in [3.63, 3.8) is 0 Å². The zero-order valence-electron chi connectivity index (χ0n) is 10.5. The van der Waals surface area contributed by atoms with Gasteiger partial charge in [0.05, 0.1) is 0 Å². The summed E-state index contributed by atoms with van der Waals surface area (Å²) < 4.78 is 11.1. The van der Waals surface area contributed by atoms with Crippen LogP contribution in [-0.4, -0.2) is 16.2 Å². The Bertz CT molecular complexity index is 754. The van der Waals surface area contributed by atoms with Crippen molar-refractivity contribution < 1.29 is 13.6 Å². The first-order valence-electron chi connectivity index (χ1n) is 5.93. The minimum atomic E-state index is -0.475. The summed E-state index contributed by atoms with van der Waals surface area (Å²) in [5.41, 5.74) is 0.657. The topological polar surface area (TPSA) is 93.2 Å². The molecule has 2 aromatic heterocycles. The molecule has 0 aliphatic rings. The molecular formula is C13H9BrN4O3. The third-order valence-corrected chi connectivity index (χ3v) is 2.89. The number of rotatable bonds is 3. The van der Waals surface area contributed by atoms with Crippen molar-refractivity contribution in [2.24, 2.45) is 0 Å². The Hall–Kier alpha value is -2.61. The molecule has 0 saturated carbocycles. The first-order chi connectivity index (χ1) is 10.2.